The van der Waals surface area contributed by atoms with Crippen LogP contribution in [0.15, 0.2) is 70.4 Å². The van der Waals surface area contributed by atoms with E-state index in [1.165, 1.54) is 0 Å². The molecule has 0 fully saturated rings. The van der Waals surface area contributed by atoms with Crippen molar-refractivity contribution in [3.8, 4) is 22.5 Å². The summed E-state index contributed by atoms with van der Waals surface area (Å²) in [6.45, 7) is 4.78. The number of hydrogen-bond acceptors (Lipinski definition) is 7. The number of aryl methyl sites for hydroxylation is 1. The molecule has 8 heteroatoms. The Labute approximate surface area is 182 Å². The zero-order valence-electron chi connectivity index (χ0n) is 16.5. The lowest BCUT2D eigenvalue weighted by Gasteiger charge is -2.09. The van der Waals surface area contributed by atoms with Crippen molar-refractivity contribution in [1.82, 2.24) is 29.7 Å². The van der Waals surface area contributed by atoms with Gasteiger partial charge in [0, 0.05) is 35.4 Å². The Morgan fingerprint density at radius 3 is 2.53 bits per heavy atom. The zero-order chi connectivity index (χ0) is 20.5. The molecule has 0 saturated carbocycles. The Kier molecular flexibility index (Phi) is 5.02. The van der Waals surface area contributed by atoms with Crippen LogP contribution < -0.4 is 0 Å². The van der Waals surface area contributed by atoms with Gasteiger partial charge < -0.3 is 4.57 Å². The van der Waals surface area contributed by atoms with E-state index in [-0.39, 0.29) is 0 Å². The number of rotatable bonds is 5. The molecule has 1 aromatic carbocycles. The van der Waals surface area contributed by atoms with Gasteiger partial charge in [-0.3, -0.25) is 4.98 Å². The van der Waals surface area contributed by atoms with E-state index in [1.54, 1.807) is 35.5 Å². The molecule has 0 atom stereocenters. The van der Waals surface area contributed by atoms with Gasteiger partial charge in [0.25, 0.3) is 0 Å². The second-order valence-electron chi connectivity index (χ2n) is 6.66. The lowest BCUT2D eigenvalue weighted by atomic mass is 10.1. The van der Waals surface area contributed by atoms with Crippen molar-refractivity contribution >= 4 is 33.3 Å². The molecule has 0 aliphatic rings. The van der Waals surface area contributed by atoms with E-state index in [4.69, 9.17) is 4.98 Å². The van der Waals surface area contributed by atoms with Crippen molar-refractivity contribution in [2.45, 2.75) is 30.6 Å². The Morgan fingerprint density at radius 1 is 0.967 bits per heavy atom. The highest BCUT2D eigenvalue weighted by molar-refractivity contribution is 7.99. The number of pyridine rings is 1. The van der Waals surface area contributed by atoms with Gasteiger partial charge in [-0.05, 0) is 43.3 Å². The average Bonchev–Trinajstić information content (AvgIpc) is 3.39. The van der Waals surface area contributed by atoms with Crippen molar-refractivity contribution in [2.24, 2.45) is 0 Å². The van der Waals surface area contributed by atoms with Gasteiger partial charge in [0.1, 0.15) is 15.7 Å². The monoisotopic (exact) mass is 430 g/mol. The van der Waals surface area contributed by atoms with Gasteiger partial charge in [-0.25, -0.2) is 9.97 Å². The maximum absolute atomic E-state index is 4.78. The predicted molar refractivity (Wildman–Crippen MR) is 121 cm³/mol. The molecule has 148 valence electrons. The summed E-state index contributed by atoms with van der Waals surface area (Å²) in [5.41, 5.74) is 3.30. The molecule has 0 saturated heterocycles. The molecule has 0 N–H and O–H groups in total. The molecule has 5 aromatic rings. The lowest BCUT2D eigenvalue weighted by molar-refractivity contribution is 0.687. The minimum Gasteiger partial charge on any atom is -0.302 e. The van der Waals surface area contributed by atoms with Crippen molar-refractivity contribution in [2.75, 3.05) is 0 Å². The van der Waals surface area contributed by atoms with Crippen molar-refractivity contribution in [3.05, 3.63) is 66.1 Å². The molecule has 0 aliphatic heterocycles. The van der Waals surface area contributed by atoms with Crippen LogP contribution in [-0.4, -0.2) is 29.7 Å². The number of thiophene rings is 1. The summed E-state index contributed by atoms with van der Waals surface area (Å²) in [6, 6.07) is 14.3. The van der Waals surface area contributed by atoms with Gasteiger partial charge in [-0.2, -0.15) is 0 Å². The normalized spacial score (nSPS) is 11.3. The third-order valence-electron chi connectivity index (χ3n) is 4.76. The predicted octanol–water partition coefficient (Wildman–Crippen LogP) is 5.49. The minimum absolute atomic E-state index is 0.753. The van der Waals surface area contributed by atoms with Gasteiger partial charge >= 0.3 is 0 Å². The smallest absolute Gasteiger partial charge is 0.197 e. The van der Waals surface area contributed by atoms with Crippen LogP contribution >= 0.6 is 23.1 Å². The number of nitrogens with zero attached hydrogens (tertiary/aromatic N) is 6. The standard InChI is InChI=1S/C22H18N6S2/c1-3-28-19(16-9-11-23-12-10-16)26-27-22(28)30-21-18-17(15-7-5-4-6-8-15)13-29-20(18)24-14(2)25-21/h4-13H,3H2,1-2H3. The molecule has 30 heavy (non-hydrogen) atoms. The second-order valence-corrected chi connectivity index (χ2v) is 8.47. The number of hydrogen-bond donors (Lipinski definition) is 0. The maximum Gasteiger partial charge on any atom is 0.197 e. The second kappa shape index (κ2) is 7.97. The third kappa shape index (κ3) is 3.38. The van der Waals surface area contributed by atoms with E-state index in [1.807, 2.05) is 25.1 Å². The number of aromatic nitrogens is 6. The molecule has 0 unspecified atom stereocenters. The van der Waals surface area contributed by atoms with Crippen LogP contribution in [-0.2, 0) is 6.54 Å². The van der Waals surface area contributed by atoms with Crippen LogP contribution in [0.4, 0.5) is 0 Å². The van der Waals surface area contributed by atoms with E-state index in [9.17, 15) is 0 Å². The van der Waals surface area contributed by atoms with E-state index in [2.05, 4.69) is 61.3 Å². The summed E-state index contributed by atoms with van der Waals surface area (Å²) in [5, 5.41) is 13.9. The molecule has 4 heterocycles. The molecule has 5 rings (SSSR count). The van der Waals surface area contributed by atoms with Crippen LogP contribution in [0.2, 0.25) is 0 Å². The summed E-state index contributed by atoms with van der Waals surface area (Å²) >= 11 is 3.19. The highest BCUT2D eigenvalue weighted by Crippen LogP contribution is 2.40. The molecule has 0 spiro atoms. The largest absolute Gasteiger partial charge is 0.302 e. The highest BCUT2D eigenvalue weighted by Gasteiger charge is 2.19. The SMILES string of the molecule is CCn1c(Sc2nc(C)nc3scc(-c4ccccc4)c23)nnc1-c1ccncc1. The first kappa shape index (κ1) is 18.9. The maximum atomic E-state index is 4.78. The van der Waals surface area contributed by atoms with Crippen LogP contribution in [0, 0.1) is 6.92 Å². The lowest BCUT2D eigenvalue weighted by Crippen LogP contribution is -2.00. The van der Waals surface area contributed by atoms with E-state index in [0.29, 0.717) is 0 Å². The van der Waals surface area contributed by atoms with Gasteiger partial charge in [0.15, 0.2) is 11.0 Å². The van der Waals surface area contributed by atoms with Crippen LogP contribution in [0.25, 0.3) is 32.7 Å². The molecular formula is C22H18N6S2. The van der Waals surface area contributed by atoms with Crippen LogP contribution in [0.5, 0.6) is 0 Å². The molecule has 4 aromatic heterocycles. The van der Waals surface area contributed by atoms with Gasteiger partial charge in [0.05, 0.1) is 5.39 Å². The Hall–Kier alpha value is -3.10. The Balaban J connectivity index is 1.63. The fourth-order valence-electron chi connectivity index (χ4n) is 3.37. The summed E-state index contributed by atoms with van der Waals surface area (Å²) in [5.74, 6) is 1.58. The van der Waals surface area contributed by atoms with Gasteiger partial charge in [-0.1, -0.05) is 30.3 Å². The van der Waals surface area contributed by atoms with Crippen molar-refractivity contribution in [3.63, 3.8) is 0 Å². The Morgan fingerprint density at radius 2 is 1.77 bits per heavy atom. The van der Waals surface area contributed by atoms with Gasteiger partial charge in [-0.15, -0.1) is 21.5 Å². The number of fused-ring (bicyclic) bond motifs is 1. The topological polar surface area (TPSA) is 69.4 Å². The fraction of sp³-hybridized carbons (Fsp3) is 0.136. The van der Waals surface area contributed by atoms with E-state index >= 15 is 0 Å². The molecule has 0 bridgehead atoms. The van der Waals surface area contributed by atoms with Crippen LogP contribution in [0.1, 0.15) is 12.7 Å². The number of benzene rings is 1. The fourth-order valence-corrected chi connectivity index (χ4v) is 5.49. The quantitative estimate of drug-likeness (QED) is 0.343. The summed E-state index contributed by atoms with van der Waals surface area (Å²) < 4.78 is 2.11. The minimum atomic E-state index is 0.753. The highest BCUT2D eigenvalue weighted by atomic mass is 32.2. The third-order valence-corrected chi connectivity index (χ3v) is 6.60. The summed E-state index contributed by atoms with van der Waals surface area (Å²) in [7, 11) is 0. The average molecular weight is 431 g/mol. The van der Waals surface area contributed by atoms with E-state index in [0.717, 1.165) is 55.3 Å². The summed E-state index contributed by atoms with van der Waals surface area (Å²) in [4.78, 5) is 14.5. The summed E-state index contributed by atoms with van der Waals surface area (Å²) in [6.07, 6.45) is 3.54. The van der Waals surface area contributed by atoms with E-state index < -0.39 is 0 Å². The molecule has 0 radical (unpaired) electrons. The first-order valence-corrected chi connectivity index (χ1v) is 11.3. The molecule has 0 aliphatic carbocycles. The first-order valence-electron chi connectivity index (χ1n) is 9.57. The van der Waals surface area contributed by atoms with Crippen LogP contribution in [0.3, 0.4) is 0 Å². The Bertz CT molecular complexity index is 1310. The molecule has 6 nitrogen and oxygen atoms in total. The van der Waals surface area contributed by atoms with Crippen molar-refractivity contribution < 1.29 is 0 Å². The molecule has 0 amide bonds. The zero-order valence-corrected chi connectivity index (χ0v) is 18.1. The van der Waals surface area contributed by atoms with Crippen molar-refractivity contribution in [1.29, 1.82) is 0 Å². The molecular weight excluding hydrogens is 412 g/mol. The van der Waals surface area contributed by atoms with Gasteiger partial charge in [0.2, 0.25) is 0 Å². The first-order chi connectivity index (χ1) is 14.7.